The zero-order chi connectivity index (χ0) is 27.8. The van der Waals surface area contributed by atoms with Crippen LogP contribution in [0.5, 0.6) is 11.5 Å². The van der Waals surface area contributed by atoms with Crippen LogP contribution < -0.4 is 20.1 Å². The van der Waals surface area contributed by atoms with Gasteiger partial charge in [0.2, 0.25) is 12.7 Å². The topological polar surface area (TPSA) is 80.7 Å². The van der Waals surface area contributed by atoms with Crippen molar-refractivity contribution in [2.24, 2.45) is 0 Å². The van der Waals surface area contributed by atoms with Crippen LogP contribution in [0.2, 0.25) is 0 Å². The van der Waals surface area contributed by atoms with Crippen LogP contribution in [0.4, 0.5) is 5.69 Å². The summed E-state index contributed by atoms with van der Waals surface area (Å²) in [4.78, 5) is 19.7. The van der Waals surface area contributed by atoms with Gasteiger partial charge in [0.1, 0.15) is 0 Å². The molecule has 4 aromatic rings. The number of nitrogens with zero attached hydrogens (tertiary/aromatic N) is 3. The number of aryl methyl sites for hydroxylation is 2. The number of nitrogens with one attached hydrogen (secondary N) is 2. The van der Waals surface area contributed by atoms with Gasteiger partial charge in [-0.25, -0.2) is 0 Å². The van der Waals surface area contributed by atoms with Crippen molar-refractivity contribution in [2.45, 2.75) is 39.3 Å². The number of hydrogen-bond acceptors (Lipinski definition) is 5. The molecule has 40 heavy (non-hydrogen) atoms. The molecule has 0 unspecified atom stereocenters. The number of carbonyl (C=O) groups excluding carboxylic acids is 1. The maximum atomic E-state index is 12.9. The molecule has 2 N–H and O–H groups in total. The molecule has 0 radical (unpaired) electrons. The van der Waals surface area contributed by atoms with Crippen molar-refractivity contribution in [3.05, 3.63) is 101 Å². The molecule has 204 valence electrons. The van der Waals surface area contributed by atoms with Crippen LogP contribution in [0, 0.1) is 20.8 Å². The Morgan fingerprint density at radius 2 is 1.90 bits per heavy atom. The highest BCUT2D eigenvalue weighted by Crippen LogP contribution is 2.42. The smallest absolute Gasteiger partial charge is 0.231 e. The molecule has 1 amide bonds. The lowest BCUT2D eigenvalue weighted by Gasteiger charge is -2.28. The van der Waals surface area contributed by atoms with Crippen LogP contribution in [-0.2, 0) is 4.79 Å². The molecule has 2 aliphatic heterocycles. The quantitative estimate of drug-likeness (QED) is 0.292. The molecule has 2 atom stereocenters. The first-order valence-electron chi connectivity index (χ1n) is 13.3. The zero-order valence-corrected chi connectivity index (χ0v) is 23.5. The van der Waals surface area contributed by atoms with E-state index < -0.39 is 0 Å². The number of hydrogen-bond donors (Lipinski definition) is 2. The maximum Gasteiger partial charge on any atom is 0.231 e. The Kier molecular flexibility index (Phi) is 6.89. The van der Waals surface area contributed by atoms with Crippen molar-refractivity contribution in [1.82, 2.24) is 19.8 Å². The lowest BCUT2D eigenvalue weighted by Crippen LogP contribution is -2.32. The van der Waals surface area contributed by atoms with Gasteiger partial charge in [0, 0.05) is 48.0 Å². The Labute approximate surface area is 238 Å². The third-order valence-corrected chi connectivity index (χ3v) is 7.84. The van der Waals surface area contributed by atoms with E-state index in [2.05, 4.69) is 45.0 Å². The minimum atomic E-state index is -0.167. The van der Waals surface area contributed by atoms with Crippen LogP contribution in [0.1, 0.15) is 46.7 Å². The normalized spacial score (nSPS) is 17.7. The number of aromatic nitrogens is 2. The molecule has 0 spiro atoms. The Hall–Kier alpha value is -4.37. The standard InChI is InChI=1S/C31H31N5O3S/c1-19-7-6-8-22(15-19)33-28(37)12-14-35-30(29(34-31(35)40)25-9-4-5-13-32-25)24-16-20(2)36(21(24)3)23-10-11-26-27(17-23)39-18-38-26/h4-11,13,15-17,29-30H,12,14,18H2,1-3H3,(H,33,37)(H,34,40)/t29-,30+/m0/s1. The number of rotatable bonds is 7. The average molecular weight is 554 g/mol. The van der Waals surface area contributed by atoms with Crippen molar-refractivity contribution in [2.75, 3.05) is 18.7 Å². The van der Waals surface area contributed by atoms with Crippen LogP contribution in [0.15, 0.2) is 72.9 Å². The highest BCUT2D eigenvalue weighted by atomic mass is 32.1. The highest BCUT2D eigenvalue weighted by Gasteiger charge is 2.41. The number of thiocarbonyl (C=S) groups is 1. The molecular weight excluding hydrogens is 522 g/mol. The number of anilines is 1. The van der Waals surface area contributed by atoms with E-state index in [1.807, 2.05) is 67.6 Å². The van der Waals surface area contributed by atoms with Gasteiger partial charge in [-0.2, -0.15) is 0 Å². The Bertz CT molecular complexity index is 1590. The van der Waals surface area contributed by atoms with Crippen molar-refractivity contribution < 1.29 is 14.3 Å². The van der Waals surface area contributed by atoms with Crippen LogP contribution in [0.25, 0.3) is 5.69 Å². The summed E-state index contributed by atoms with van der Waals surface area (Å²) in [6.07, 6.45) is 2.09. The minimum absolute atomic E-state index is 0.0562. The van der Waals surface area contributed by atoms with E-state index in [1.165, 1.54) is 0 Å². The molecule has 8 nitrogen and oxygen atoms in total. The van der Waals surface area contributed by atoms with Gasteiger partial charge in [0.05, 0.1) is 17.8 Å². The first kappa shape index (κ1) is 25.9. The fourth-order valence-electron chi connectivity index (χ4n) is 5.66. The first-order valence-corrected chi connectivity index (χ1v) is 13.7. The van der Waals surface area contributed by atoms with E-state index in [0.29, 0.717) is 18.1 Å². The minimum Gasteiger partial charge on any atom is -0.454 e. The van der Waals surface area contributed by atoms with E-state index in [4.69, 9.17) is 21.7 Å². The summed E-state index contributed by atoms with van der Waals surface area (Å²) in [5.41, 5.74) is 7.08. The SMILES string of the molecule is Cc1cccc(NC(=O)CCN2C(=S)N[C@@H](c3ccccn3)[C@H]2c2cc(C)n(-c3ccc4c(c3)OCO4)c2C)c1. The van der Waals surface area contributed by atoms with Gasteiger partial charge >= 0.3 is 0 Å². The molecule has 4 heterocycles. The molecule has 2 aromatic heterocycles. The molecule has 1 fully saturated rings. The third-order valence-electron chi connectivity index (χ3n) is 7.48. The molecule has 0 bridgehead atoms. The second-order valence-electron chi connectivity index (χ2n) is 10.2. The summed E-state index contributed by atoms with van der Waals surface area (Å²) < 4.78 is 13.4. The molecule has 2 aromatic carbocycles. The van der Waals surface area contributed by atoms with Crippen molar-refractivity contribution in [3.8, 4) is 17.2 Å². The maximum absolute atomic E-state index is 12.9. The van der Waals surface area contributed by atoms with Crippen molar-refractivity contribution in [1.29, 1.82) is 0 Å². The zero-order valence-electron chi connectivity index (χ0n) is 22.7. The average Bonchev–Trinajstić information content (AvgIpc) is 3.62. The fourth-order valence-corrected chi connectivity index (χ4v) is 5.99. The van der Waals surface area contributed by atoms with Gasteiger partial charge in [-0.1, -0.05) is 18.2 Å². The monoisotopic (exact) mass is 553 g/mol. The molecule has 1 saturated heterocycles. The van der Waals surface area contributed by atoms with Gasteiger partial charge in [-0.3, -0.25) is 9.78 Å². The van der Waals surface area contributed by atoms with Crippen molar-refractivity contribution >= 4 is 28.9 Å². The third kappa shape index (κ3) is 4.88. The van der Waals surface area contributed by atoms with Crippen LogP contribution in [0.3, 0.4) is 0 Å². The number of amides is 1. The van der Waals surface area contributed by atoms with E-state index in [9.17, 15) is 4.79 Å². The van der Waals surface area contributed by atoms with Crippen LogP contribution >= 0.6 is 12.2 Å². The molecule has 0 saturated carbocycles. The summed E-state index contributed by atoms with van der Waals surface area (Å²) in [7, 11) is 0. The molecule has 2 aliphatic rings. The lowest BCUT2D eigenvalue weighted by atomic mass is 9.96. The van der Waals surface area contributed by atoms with Gasteiger partial charge in [0.25, 0.3) is 0 Å². The summed E-state index contributed by atoms with van der Waals surface area (Å²) >= 11 is 5.84. The summed E-state index contributed by atoms with van der Waals surface area (Å²) in [6.45, 7) is 6.91. The van der Waals surface area contributed by atoms with Gasteiger partial charge < -0.3 is 29.6 Å². The number of ether oxygens (including phenoxy) is 2. The number of carbonyl (C=O) groups is 1. The largest absolute Gasteiger partial charge is 0.454 e. The fraction of sp³-hybridized carbons (Fsp3) is 0.258. The van der Waals surface area contributed by atoms with E-state index in [1.54, 1.807) is 6.20 Å². The predicted octanol–water partition coefficient (Wildman–Crippen LogP) is 5.53. The second kappa shape index (κ2) is 10.7. The predicted molar refractivity (Wildman–Crippen MR) is 158 cm³/mol. The summed E-state index contributed by atoms with van der Waals surface area (Å²) in [5.74, 6) is 1.43. The van der Waals surface area contributed by atoms with Gasteiger partial charge in [-0.15, -0.1) is 0 Å². The van der Waals surface area contributed by atoms with Crippen molar-refractivity contribution in [3.63, 3.8) is 0 Å². The summed E-state index contributed by atoms with van der Waals surface area (Å²) in [5, 5.41) is 7.12. The molecular formula is C31H31N5O3S. The van der Waals surface area contributed by atoms with Gasteiger partial charge in [0.15, 0.2) is 16.6 Å². The lowest BCUT2D eigenvalue weighted by molar-refractivity contribution is -0.116. The first-order chi connectivity index (χ1) is 19.4. The Morgan fingerprint density at radius 1 is 1.05 bits per heavy atom. The van der Waals surface area contributed by atoms with E-state index >= 15 is 0 Å². The highest BCUT2D eigenvalue weighted by molar-refractivity contribution is 7.80. The number of fused-ring (bicyclic) bond motifs is 1. The second-order valence-corrected chi connectivity index (χ2v) is 10.6. The Morgan fingerprint density at radius 3 is 2.70 bits per heavy atom. The van der Waals surface area contributed by atoms with Gasteiger partial charge in [-0.05, 0) is 86.6 Å². The Balaban J connectivity index is 1.32. The van der Waals surface area contributed by atoms with E-state index in [-0.39, 0.29) is 24.8 Å². The number of benzene rings is 2. The van der Waals surface area contributed by atoms with Crippen LogP contribution in [-0.4, -0.2) is 38.8 Å². The van der Waals surface area contributed by atoms with E-state index in [0.717, 1.165) is 51.1 Å². The number of pyridine rings is 1. The molecule has 6 rings (SSSR count). The molecule has 0 aliphatic carbocycles. The molecule has 9 heteroatoms. The summed E-state index contributed by atoms with van der Waals surface area (Å²) in [6, 6.07) is 21.6.